The van der Waals surface area contributed by atoms with E-state index in [1.54, 1.807) is 6.26 Å². The summed E-state index contributed by atoms with van der Waals surface area (Å²) in [5.74, 6) is 0.663. The van der Waals surface area contributed by atoms with E-state index in [4.69, 9.17) is 10.2 Å². The highest BCUT2D eigenvalue weighted by Crippen LogP contribution is 2.47. The molecule has 0 bridgehead atoms. The number of rotatable bonds is 1. The number of fused-ring (bicyclic) bond motifs is 1. The standard InChI is InChI=1S/C11H17NO2/c1-10(2)5-3-8-4-6-14-9(8)11(10,13)7-12/h4,6,13H,3,5,7,12H2,1-2H3. The maximum atomic E-state index is 10.5. The first kappa shape index (κ1) is 9.74. The van der Waals surface area contributed by atoms with Crippen LogP contribution in [0.3, 0.4) is 0 Å². The van der Waals surface area contributed by atoms with Gasteiger partial charge in [-0.25, -0.2) is 0 Å². The van der Waals surface area contributed by atoms with Gasteiger partial charge in [-0.2, -0.15) is 0 Å². The average Bonchev–Trinajstić information content (AvgIpc) is 2.60. The van der Waals surface area contributed by atoms with Crippen molar-refractivity contribution < 1.29 is 9.52 Å². The monoisotopic (exact) mass is 195 g/mol. The highest BCUT2D eigenvalue weighted by molar-refractivity contribution is 5.29. The zero-order valence-corrected chi connectivity index (χ0v) is 8.71. The Balaban J connectivity index is 2.55. The molecule has 0 spiro atoms. The van der Waals surface area contributed by atoms with Crippen LogP contribution in [-0.2, 0) is 12.0 Å². The summed E-state index contributed by atoms with van der Waals surface area (Å²) in [5.41, 5.74) is 5.55. The summed E-state index contributed by atoms with van der Waals surface area (Å²) in [6.07, 6.45) is 3.53. The largest absolute Gasteiger partial charge is 0.466 e. The Kier molecular flexibility index (Phi) is 1.98. The van der Waals surface area contributed by atoms with Gasteiger partial charge in [0.2, 0.25) is 0 Å². The van der Waals surface area contributed by atoms with E-state index in [1.165, 1.54) is 0 Å². The molecule has 78 valence electrons. The van der Waals surface area contributed by atoms with Crippen molar-refractivity contribution in [1.82, 2.24) is 0 Å². The molecule has 0 aromatic carbocycles. The average molecular weight is 195 g/mol. The van der Waals surface area contributed by atoms with Crippen molar-refractivity contribution in [2.24, 2.45) is 11.1 Å². The Bertz CT molecular complexity index is 343. The molecule has 0 saturated heterocycles. The second-order valence-electron chi connectivity index (χ2n) is 4.72. The third-order valence-corrected chi connectivity index (χ3v) is 3.56. The maximum Gasteiger partial charge on any atom is 0.140 e. The molecular formula is C11H17NO2. The van der Waals surface area contributed by atoms with Crippen LogP contribution in [0.4, 0.5) is 0 Å². The quantitative estimate of drug-likeness (QED) is 0.712. The zero-order valence-electron chi connectivity index (χ0n) is 8.71. The molecule has 1 aromatic rings. The normalized spacial score (nSPS) is 30.0. The topological polar surface area (TPSA) is 59.4 Å². The maximum absolute atomic E-state index is 10.5. The zero-order chi connectivity index (χ0) is 10.4. The molecule has 1 atom stereocenters. The minimum atomic E-state index is -1.01. The Morgan fingerprint density at radius 3 is 2.93 bits per heavy atom. The fraction of sp³-hybridized carbons (Fsp3) is 0.636. The summed E-state index contributed by atoms with van der Waals surface area (Å²) < 4.78 is 5.37. The lowest BCUT2D eigenvalue weighted by molar-refractivity contribution is -0.0932. The first-order chi connectivity index (χ1) is 6.51. The van der Waals surface area contributed by atoms with Crippen molar-refractivity contribution in [2.45, 2.75) is 32.3 Å². The number of hydrogen-bond donors (Lipinski definition) is 2. The first-order valence-electron chi connectivity index (χ1n) is 5.00. The fourth-order valence-electron chi connectivity index (χ4n) is 2.23. The van der Waals surface area contributed by atoms with Gasteiger partial charge >= 0.3 is 0 Å². The number of hydrogen-bond acceptors (Lipinski definition) is 3. The molecule has 0 fully saturated rings. The van der Waals surface area contributed by atoms with Crippen LogP contribution < -0.4 is 5.73 Å². The van der Waals surface area contributed by atoms with Crippen molar-refractivity contribution in [3.05, 3.63) is 23.7 Å². The molecule has 1 aliphatic carbocycles. The second kappa shape index (κ2) is 2.84. The molecule has 1 aromatic heterocycles. The molecule has 3 nitrogen and oxygen atoms in total. The molecule has 3 heteroatoms. The predicted molar refractivity (Wildman–Crippen MR) is 53.8 cm³/mol. The summed E-state index contributed by atoms with van der Waals surface area (Å²) in [6, 6.07) is 1.92. The van der Waals surface area contributed by atoms with E-state index in [0.717, 1.165) is 18.4 Å². The summed E-state index contributed by atoms with van der Waals surface area (Å²) in [4.78, 5) is 0. The van der Waals surface area contributed by atoms with E-state index < -0.39 is 5.60 Å². The van der Waals surface area contributed by atoms with Crippen LogP contribution in [0.15, 0.2) is 16.7 Å². The van der Waals surface area contributed by atoms with Crippen LogP contribution in [0, 0.1) is 5.41 Å². The minimum absolute atomic E-state index is 0.209. The molecule has 14 heavy (non-hydrogen) atoms. The molecule has 0 amide bonds. The van der Waals surface area contributed by atoms with E-state index in [9.17, 15) is 5.11 Å². The van der Waals surface area contributed by atoms with Gasteiger partial charge in [0.15, 0.2) is 0 Å². The summed E-state index contributed by atoms with van der Waals surface area (Å²) in [5, 5.41) is 10.5. The molecule has 2 rings (SSSR count). The van der Waals surface area contributed by atoms with Gasteiger partial charge in [-0.3, -0.25) is 0 Å². The third-order valence-electron chi connectivity index (χ3n) is 3.56. The number of aliphatic hydroxyl groups is 1. The summed E-state index contributed by atoms with van der Waals surface area (Å²) in [6.45, 7) is 4.27. The number of nitrogens with two attached hydrogens (primary N) is 1. The van der Waals surface area contributed by atoms with Gasteiger partial charge in [-0.15, -0.1) is 0 Å². The Morgan fingerprint density at radius 1 is 1.57 bits per heavy atom. The Labute approximate surface area is 83.9 Å². The van der Waals surface area contributed by atoms with E-state index in [0.29, 0.717) is 5.76 Å². The SMILES string of the molecule is CC1(C)CCc2ccoc2C1(O)CN. The van der Waals surface area contributed by atoms with Gasteiger partial charge in [-0.1, -0.05) is 13.8 Å². The van der Waals surface area contributed by atoms with Gasteiger partial charge in [0, 0.05) is 12.0 Å². The van der Waals surface area contributed by atoms with Crippen LogP contribution in [0.25, 0.3) is 0 Å². The Hall–Kier alpha value is -0.800. The van der Waals surface area contributed by atoms with Crippen LogP contribution in [0.5, 0.6) is 0 Å². The van der Waals surface area contributed by atoms with Crippen molar-refractivity contribution in [1.29, 1.82) is 0 Å². The predicted octanol–water partition coefficient (Wildman–Crippen LogP) is 1.40. The van der Waals surface area contributed by atoms with E-state index in [-0.39, 0.29) is 12.0 Å². The van der Waals surface area contributed by atoms with Crippen LogP contribution in [-0.4, -0.2) is 11.7 Å². The van der Waals surface area contributed by atoms with Crippen molar-refractivity contribution >= 4 is 0 Å². The van der Waals surface area contributed by atoms with Crippen molar-refractivity contribution in [3.63, 3.8) is 0 Å². The molecule has 0 saturated carbocycles. The fourth-order valence-corrected chi connectivity index (χ4v) is 2.23. The van der Waals surface area contributed by atoms with Crippen LogP contribution >= 0.6 is 0 Å². The van der Waals surface area contributed by atoms with Gasteiger partial charge < -0.3 is 15.3 Å². The van der Waals surface area contributed by atoms with Gasteiger partial charge in [0.05, 0.1) is 6.26 Å². The van der Waals surface area contributed by atoms with Crippen LogP contribution in [0.1, 0.15) is 31.6 Å². The van der Waals surface area contributed by atoms with E-state index in [1.807, 2.05) is 19.9 Å². The van der Waals surface area contributed by atoms with Crippen molar-refractivity contribution in [2.75, 3.05) is 6.54 Å². The smallest absolute Gasteiger partial charge is 0.140 e. The highest BCUT2D eigenvalue weighted by Gasteiger charge is 2.49. The van der Waals surface area contributed by atoms with E-state index >= 15 is 0 Å². The van der Waals surface area contributed by atoms with Gasteiger partial charge in [0.25, 0.3) is 0 Å². The number of furan rings is 1. The number of aryl methyl sites for hydroxylation is 1. The first-order valence-corrected chi connectivity index (χ1v) is 5.00. The Morgan fingerprint density at radius 2 is 2.29 bits per heavy atom. The second-order valence-corrected chi connectivity index (χ2v) is 4.72. The lowest BCUT2D eigenvalue weighted by Gasteiger charge is -2.44. The lowest BCUT2D eigenvalue weighted by Crippen LogP contribution is -2.50. The lowest BCUT2D eigenvalue weighted by atomic mass is 9.65. The molecule has 3 N–H and O–H groups in total. The van der Waals surface area contributed by atoms with E-state index in [2.05, 4.69) is 0 Å². The van der Waals surface area contributed by atoms with Gasteiger partial charge in [-0.05, 0) is 24.5 Å². The van der Waals surface area contributed by atoms with Gasteiger partial charge in [0.1, 0.15) is 11.4 Å². The molecular weight excluding hydrogens is 178 g/mol. The highest BCUT2D eigenvalue weighted by atomic mass is 16.4. The van der Waals surface area contributed by atoms with Crippen LogP contribution in [0.2, 0.25) is 0 Å². The minimum Gasteiger partial charge on any atom is -0.466 e. The summed E-state index contributed by atoms with van der Waals surface area (Å²) >= 11 is 0. The molecule has 0 aliphatic heterocycles. The molecule has 1 aliphatic rings. The molecule has 1 unspecified atom stereocenters. The summed E-state index contributed by atoms with van der Waals surface area (Å²) in [7, 11) is 0. The molecule has 0 radical (unpaired) electrons. The van der Waals surface area contributed by atoms with Crippen molar-refractivity contribution in [3.8, 4) is 0 Å². The third kappa shape index (κ3) is 1.06. The molecule has 1 heterocycles.